The molecule has 0 radical (unpaired) electrons. The number of nitro groups is 1. The molecule has 0 spiro atoms. The lowest BCUT2D eigenvalue weighted by molar-refractivity contribution is -0.385. The van der Waals surface area contributed by atoms with E-state index in [-0.39, 0.29) is 16.7 Å². The predicted molar refractivity (Wildman–Crippen MR) is 82.9 cm³/mol. The van der Waals surface area contributed by atoms with Gasteiger partial charge in [0.25, 0.3) is 5.69 Å². The topological polar surface area (TPSA) is 64.4 Å². The van der Waals surface area contributed by atoms with Crippen molar-refractivity contribution in [3.8, 4) is 5.75 Å². The first-order valence-corrected chi connectivity index (χ1v) is 6.67. The van der Waals surface area contributed by atoms with E-state index >= 15 is 0 Å². The summed E-state index contributed by atoms with van der Waals surface area (Å²) in [5, 5.41) is 14.3. The zero-order valence-electron chi connectivity index (χ0n) is 12.3. The molecule has 2 aromatic rings. The minimum absolute atomic E-state index is 0.0450. The fraction of sp³-hybridized carbons (Fsp3) is 0.250. The van der Waals surface area contributed by atoms with Crippen LogP contribution < -0.4 is 10.1 Å². The van der Waals surface area contributed by atoms with Crippen LogP contribution in [0.15, 0.2) is 42.5 Å². The number of aryl methyl sites for hydroxylation is 1. The zero-order valence-corrected chi connectivity index (χ0v) is 12.3. The SMILES string of the molecule is COc1cccc(NC(C)c2ccc(C)c([N+](=O)[O-])c2)c1. The van der Waals surface area contributed by atoms with E-state index in [1.165, 1.54) is 0 Å². The molecule has 0 amide bonds. The third-order valence-corrected chi connectivity index (χ3v) is 3.38. The molecule has 21 heavy (non-hydrogen) atoms. The first-order chi connectivity index (χ1) is 10.0. The number of hydrogen-bond donors (Lipinski definition) is 1. The number of nitro benzene ring substituents is 1. The van der Waals surface area contributed by atoms with Gasteiger partial charge in [0.1, 0.15) is 5.75 Å². The van der Waals surface area contributed by atoms with Gasteiger partial charge in [-0.05, 0) is 31.5 Å². The Labute approximate surface area is 123 Å². The van der Waals surface area contributed by atoms with Gasteiger partial charge in [0, 0.05) is 29.4 Å². The second-order valence-electron chi connectivity index (χ2n) is 4.90. The van der Waals surface area contributed by atoms with Gasteiger partial charge >= 0.3 is 0 Å². The van der Waals surface area contributed by atoms with E-state index in [0.29, 0.717) is 5.56 Å². The lowest BCUT2D eigenvalue weighted by Gasteiger charge is -2.16. The van der Waals surface area contributed by atoms with Gasteiger partial charge in [-0.2, -0.15) is 0 Å². The molecule has 1 atom stereocenters. The molecular weight excluding hydrogens is 268 g/mol. The molecule has 0 saturated heterocycles. The highest BCUT2D eigenvalue weighted by Crippen LogP contribution is 2.26. The number of rotatable bonds is 5. The Bertz CT molecular complexity index is 656. The van der Waals surface area contributed by atoms with Crippen LogP contribution in [0.25, 0.3) is 0 Å². The Balaban J connectivity index is 2.21. The Morgan fingerprint density at radius 3 is 2.67 bits per heavy atom. The number of hydrogen-bond acceptors (Lipinski definition) is 4. The van der Waals surface area contributed by atoms with Gasteiger partial charge in [-0.15, -0.1) is 0 Å². The lowest BCUT2D eigenvalue weighted by Crippen LogP contribution is -2.07. The van der Waals surface area contributed by atoms with Crippen molar-refractivity contribution in [2.24, 2.45) is 0 Å². The van der Waals surface area contributed by atoms with Crippen molar-refractivity contribution >= 4 is 11.4 Å². The van der Waals surface area contributed by atoms with E-state index in [1.807, 2.05) is 37.3 Å². The highest BCUT2D eigenvalue weighted by Gasteiger charge is 2.14. The summed E-state index contributed by atoms with van der Waals surface area (Å²) < 4.78 is 5.18. The van der Waals surface area contributed by atoms with E-state index in [1.54, 1.807) is 26.2 Å². The first-order valence-electron chi connectivity index (χ1n) is 6.67. The van der Waals surface area contributed by atoms with E-state index in [9.17, 15) is 10.1 Å². The fourth-order valence-corrected chi connectivity index (χ4v) is 2.14. The van der Waals surface area contributed by atoms with Gasteiger partial charge in [0.05, 0.1) is 12.0 Å². The molecule has 2 rings (SSSR count). The Hall–Kier alpha value is -2.56. The standard InChI is InChI=1S/C16H18N2O3/c1-11-7-8-13(9-16(11)18(19)20)12(2)17-14-5-4-6-15(10-14)21-3/h4-10,12,17H,1-3H3. The van der Waals surface area contributed by atoms with E-state index < -0.39 is 0 Å². The summed E-state index contributed by atoms with van der Waals surface area (Å²) >= 11 is 0. The molecule has 2 aromatic carbocycles. The van der Waals surface area contributed by atoms with Crippen LogP contribution in [0.1, 0.15) is 24.1 Å². The molecule has 1 unspecified atom stereocenters. The smallest absolute Gasteiger partial charge is 0.272 e. The third-order valence-electron chi connectivity index (χ3n) is 3.38. The van der Waals surface area contributed by atoms with Crippen LogP contribution in [0.3, 0.4) is 0 Å². The van der Waals surface area contributed by atoms with Crippen molar-refractivity contribution in [3.63, 3.8) is 0 Å². The van der Waals surface area contributed by atoms with Gasteiger partial charge in [0.2, 0.25) is 0 Å². The van der Waals surface area contributed by atoms with Crippen LogP contribution in [-0.4, -0.2) is 12.0 Å². The normalized spacial score (nSPS) is 11.8. The molecule has 1 N–H and O–H groups in total. The number of anilines is 1. The van der Waals surface area contributed by atoms with Crippen molar-refractivity contribution in [1.82, 2.24) is 0 Å². The Morgan fingerprint density at radius 2 is 2.00 bits per heavy atom. The average molecular weight is 286 g/mol. The van der Waals surface area contributed by atoms with E-state index in [0.717, 1.165) is 17.0 Å². The van der Waals surface area contributed by atoms with Crippen LogP contribution in [0.4, 0.5) is 11.4 Å². The van der Waals surface area contributed by atoms with Gasteiger partial charge in [0.15, 0.2) is 0 Å². The number of ether oxygens (including phenoxy) is 1. The quantitative estimate of drug-likeness (QED) is 0.664. The summed E-state index contributed by atoms with van der Waals surface area (Å²) in [4.78, 5) is 10.7. The Kier molecular flexibility index (Phi) is 4.42. The number of nitrogens with zero attached hydrogens (tertiary/aromatic N) is 1. The van der Waals surface area contributed by atoms with Crippen molar-refractivity contribution in [1.29, 1.82) is 0 Å². The van der Waals surface area contributed by atoms with Crippen LogP contribution in [0, 0.1) is 17.0 Å². The molecule has 0 aliphatic heterocycles. The number of nitrogens with one attached hydrogen (secondary N) is 1. The third kappa shape index (κ3) is 3.51. The fourth-order valence-electron chi connectivity index (χ4n) is 2.14. The van der Waals surface area contributed by atoms with Crippen LogP contribution in [0.5, 0.6) is 5.75 Å². The summed E-state index contributed by atoms with van der Waals surface area (Å²) in [6.45, 7) is 3.70. The van der Waals surface area contributed by atoms with Gasteiger partial charge in [-0.3, -0.25) is 10.1 Å². The average Bonchev–Trinajstić information content (AvgIpc) is 2.47. The summed E-state index contributed by atoms with van der Waals surface area (Å²) in [6, 6.07) is 12.8. The summed E-state index contributed by atoms with van der Waals surface area (Å²) in [5.41, 5.74) is 2.59. The van der Waals surface area contributed by atoms with Crippen LogP contribution in [-0.2, 0) is 0 Å². The molecule has 0 aliphatic carbocycles. The number of benzene rings is 2. The van der Waals surface area contributed by atoms with Crippen molar-refractivity contribution in [3.05, 3.63) is 63.7 Å². The molecule has 110 valence electrons. The monoisotopic (exact) mass is 286 g/mol. The highest BCUT2D eigenvalue weighted by molar-refractivity contribution is 5.51. The Morgan fingerprint density at radius 1 is 1.24 bits per heavy atom. The minimum Gasteiger partial charge on any atom is -0.497 e. The molecule has 0 fully saturated rings. The molecule has 0 saturated carbocycles. The van der Waals surface area contributed by atoms with Crippen molar-refractivity contribution < 1.29 is 9.66 Å². The van der Waals surface area contributed by atoms with Gasteiger partial charge in [-0.25, -0.2) is 0 Å². The van der Waals surface area contributed by atoms with Crippen LogP contribution in [0.2, 0.25) is 0 Å². The van der Waals surface area contributed by atoms with Gasteiger partial charge < -0.3 is 10.1 Å². The maximum atomic E-state index is 11.0. The molecule has 0 aliphatic rings. The van der Waals surface area contributed by atoms with Crippen molar-refractivity contribution in [2.45, 2.75) is 19.9 Å². The molecule has 0 aromatic heterocycles. The highest BCUT2D eigenvalue weighted by atomic mass is 16.6. The minimum atomic E-state index is -0.350. The van der Waals surface area contributed by atoms with E-state index in [2.05, 4.69) is 5.32 Å². The molecule has 5 heteroatoms. The van der Waals surface area contributed by atoms with Gasteiger partial charge in [-0.1, -0.05) is 18.2 Å². The molecular formula is C16H18N2O3. The molecule has 0 bridgehead atoms. The second-order valence-corrected chi connectivity index (χ2v) is 4.90. The predicted octanol–water partition coefficient (Wildman–Crippen LogP) is 4.08. The van der Waals surface area contributed by atoms with Crippen LogP contribution >= 0.6 is 0 Å². The van der Waals surface area contributed by atoms with E-state index in [4.69, 9.17) is 4.74 Å². The lowest BCUT2D eigenvalue weighted by atomic mass is 10.0. The largest absolute Gasteiger partial charge is 0.497 e. The molecule has 0 heterocycles. The maximum Gasteiger partial charge on any atom is 0.272 e. The summed E-state index contributed by atoms with van der Waals surface area (Å²) in [7, 11) is 1.62. The summed E-state index contributed by atoms with van der Waals surface area (Å²) in [5.74, 6) is 0.766. The zero-order chi connectivity index (χ0) is 15.4. The first kappa shape index (κ1) is 14.8. The summed E-state index contributed by atoms with van der Waals surface area (Å²) in [6.07, 6.45) is 0. The second kappa shape index (κ2) is 6.26. The number of methoxy groups -OCH3 is 1. The van der Waals surface area contributed by atoms with Crippen molar-refractivity contribution in [2.75, 3.05) is 12.4 Å². The molecule has 5 nitrogen and oxygen atoms in total. The maximum absolute atomic E-state index is 11.0.